The zero-order chi connectivity index (χ0) is 18.4. The van der Waals surface area contributed by atoms with Gasteiger partial charge < -0.3 is 10.6 Å². The number of carbonyl (C=O) groups excluding carboxylic acids is 1. The fraction of sp³-hybridized carbons (Fsp3) is 0.316. The van der Waals surface area contributed by atoms with Gasteiger partial charge in [0.15, 0.2) is 5.65 Å². The molecule has 2 N–H and O–H groups in total. The third-order valence-electron chi connectivity index (χ3n) is 4.29. The number of hydrogen-bond donors (Lipinski definition) is 1. The van der Waals surface area contributed by atoms with E-state index in [2.05, 4.69) is 5.10 Å². The van der Waals surface area contributed by atoms with Crippen molar-refractivity contribution in [2.75, 3.05) is 19.6 Å². The Morgan fingerprint density at radius 1 is 1.08 bits per heavy atom. The second-order valence-electron chi connectivity index (χ2n) is 6.09. The number of rotatable bonds is 8. The molecule has 1 aromatic carbocycles. The minimum absolute atomic E-state index is 0.0182. The largest absolute Gasteiger partial charge is 0.350 e. The molecule has 1 amide bonds. The number of fused-ring (bicyclic) bond motifs is 1. The summed E-state index contributed by atoms with van der Waals surface area (Å²) in [4.78, 5) is 26.6. The molecule has 0 atom stereocenters. The van der Waals surface area contributed by atoms with Crippen LogP contribution >= 0.6 is 0 Å². The number of aromatic nitrogens is 3. The molecule has 0 radical (unpaired) electrons. The van der Waals surface area contributed by atoms with E-state index in [1.165, 1.54) is 14.6 Å². The SMILES string of the molecule is NCCN(CCc1ccccc1)C(=O)CCn1nc2ccccn2c1=O. The van der Waals surface area contributed by atoms with E-state index >= 15 is 0 Å². The molecular formula is C19H23N5O2. The molecule has 0 aliphatic carbocycles. The number of pyridine rings is 1. The quantitative estimate of drug-likeness (QED) is 0.652. The van der Waals surface area contributed by atoms with Crippen LogP contribution in [0, 0.1) is 0 Å². The fourth-order valence-electron chi connectivity index (χ4n) is 2.90. The summed E-state index contributed by atoms with van der Waals surface area (Å²) in [5.41, 5.74) is 7.18. The van der Waals surface area contributed by atoms with Crippen LogP contribution in [-0.4, -0.2) is 44.6 Å². The van der Waals surface area contributed by atoms with Crippen LogP contribution in [0.4, 0.5) is 0 Å². The van der Waals surface area contributed by atoms with Crippen molar-refractivity contribution in [1.82, 2.24) is 19.1 Å². The van der Waals surface area contributed by atoms with Crippen LogP contribution in [0.25, 0.3) is 5.65 Å². The van der Waals surface area contributed by atoms with Crippen molar-refractivity contribution >= 4 is 11.6 Å². The van der Waals surface area contributed by atoms with Gasteiger partial charge in [-0.2, -0.15) is 0 Å². The lowest BCUT2D eigenvalue weighted by Crippen LogP contribution is -2.37. The van der Waals surface area contributed by atoms with E-state index in [0.717, 1.165) is 6.42 Å². The molecule has 26 heavy (non-hydrogen) atoms. The van der Waals surface area contributed by atoms with Crippen LogP contribution in [0.15, 0.2) is 59.5 Å². The zero-order valence-electron chi connectivity index (χ0n) is 14.6. The first-order chi connectivity index (χ1) is 12.7. The predicted octanol–water partition coefficient (Wildman–Crippen LogP) is 0.916. The summed E-state index contributed by atoms with van der Waals surface area (Å²) >= 11 is 0. The Labute approximate surface area is 151 Å². The Morgan fingerprint density at radius 3 is 2.58 bits per heavy atom. The highest BCUT2D eigenvalue weighted by Gasteiger charge is 2.14. The minimum atomic E-state index is -0.233. The molecule has 0 aliphatic heterocycles. The Hall–Kier alpha value is -2.93. The summed E-state index contributed by atoms with van der Waals surface area (Å²) in [7, 11) is 0. The lowest BCUT2D eigenvalue weighted by atomic mass is 10.1. The maximum absolute atomic E-state index is 12.6. The van der Waals surface area contributed by atoms with Crippen LogP contribution in [0.3, 0.4) is 0 Å². The van der Waals surface area contributed by atoms with Crippen LogP contribution in [-0.2, 0) is 17.8 Å². The van der Waals surface area contributed by atoms with Gasteiger partial charge in [0.05, 0.1) is 6.54 Å². The predicted molar refractivity (Wildman–Crippen MR) is 99.8 cm³/mol. The second-order valence-corrected chi connectivity index (χ2v) is 6.09. The van der Waals surface area contributed by atoms with Gasteiger partial charge in [0.1, 0.15) is 0 Å². The molecule has 7 nitrogen and oxygen atoms in total. The highest BCUT2D eigenvalue weighted by Crippen LogP contribution is 2.04. The van der Waals surface area contributed by atoms with Gasteiger partial charge >= 0.3 is 5.69 Å². The highest BCUT2D eigenvalue weighted by molar-refractivity contribution is 5.76. The van der Waals surface area contributed by atoms with Crippen molar-refractivity contribution in [3.05, 3.63) is 70.8 Å². The van der Waals surface area contributed by atoms with E-state index in [9.17, 15) is 9.59 Å². The summed E-state index contributed by atoms with van der Waals surface area (Å²) in [6.07, 6.45) is 2.67. The molecule has 0 fully saturated rings. The normalized spacial score (nSPS) is 11.0. The Balaban J connectivity index is 1.62. The molecule has 0 bridgehead atoms. The molecule has 0 saturated carbocycles. The summed E-state index contributed by atoms with van der Waals surface area (Å²) in [5.74, 6) is -0.0182. The molecule has 7 heteroatoms. The van der Waals surface area contributed by atoms with E-state index in [1.54, 1.807) is 23.2 Å². The van der Waals surface area contributed by atoms with Gasteiger partial charge in [-0.05, 0) is 24.1 Å². The molecule has 136 valence electrons. The number of nitrogens with two attached hydrogens (primary N) is 1. The standard InChI is InChI=1S/C19H23N5O2/c20-11-15-22(13-9-16-6-2-1-3-7-16)18(25)10-14-24-19(26)23-12-5-4-8-17(23)21-24/h1-8,12H,9-11,13-15,20H2. The first kappa shape index (κ1) is 17.9. The Kier molecular flexibility index (Phi) is 5.80. The Morgan fingerprint density at radius 2 is 1.85 bits per heavy atom. The van der Waals surface area contributed by atoms with E-state index < -0.39 is 0 Å². The number of benzene rings is 1. The first-order valence-electron chi connectivity index (χ1n) is 8.75. The van der Waals surface area contributed by atoms with Crippen molar-refractivity contribution in [2.45, 2.75) is 19.4 Å². The maximum Gasteiger partial charge on any atom is 0.350 e. The van der Waals surface area contributed by atoms with Crippen LogP contribution in [0.5, 0.6) is 0 Å². The summed E-state index contributed by atoms with van der Waals surface area (Å²) < 4.78 is 2.81. The highest BCUT2D eigenvalue weighted by atomic mass is 16.2. The lowest BCUT2D eigenvalue weighted by molar-refractivity contribution is -0.131. The maximum atomic E-state index is 12.6. The zero-order valence-corrected chi connectivity index (χ0v) is 14.6. The van der Waals surface area contributed by atoms with Crippen LogP contribution < -0.4 is 11.4 Å². The van der Waals surface area contributed by atoms with Gasteiger partial charge in [-0.25, -0.2) is 9.48 Å². The molecule has 3 rings (SSSR count). The molecule has 0 spiro atoms. The topological polar surface area (TPSA) is 85.6 Å². The van der Waals surface area contributed by atoms with Crippen molar-refractivity contribution in [1.29, 1.82) is 0 Å². The third-order valence-corrected chi connectivity index (χ3v) is 4.29. The Bertz CT molecular complexity index is 916. The van der Waals surface area contributed by atoms with Gasteiger partial charge in [0.2, 0.25) is 5.91 Å². The molecular weight excluding hydrogens is 330 g/mol. The van der Waals surface area contributed by atoms with Gasteiger partial charge in [-0.1, -0.05) is 36.4 Å². The van der Waals surface area contributed by atoms with Gasteiger partial charge in [-0.3, -0.25) is 9.20 Å². The number of amides is 1. The number of hydrogen-bond acceptors (Lipinski definition) is 4. The lowest BCUT2D eigenvalue weighted by Gasteiger charge is -2.22. The number of carbonyl (C=O) groups is 1. The molecule has 0 aliphatic rings. The van der Waals surface area contributed by atoms with E-state index in [0.29, 0.717) is 25.3 Å². The van der Waals surface area contributed by atoms with Crippen molar-refractivity contribution in [2.24, 2.45) is 5.73 Å². The van der Waals surface area contributed by atoms with Gasteiger partial charge in [-0.15, -0.1) is 5.10 Å². The fourth-order valence-corrected chi connectivity index (χ4v) is 2.90. The third kappa shape index (κ3) is 4.18. The smallest absolute Gasteiger partial charge is 0.341 e. The molecule has 0 unspecified atom stereocenters. The van der Waals surface area contributed by atoms with Gasteiger partial charge in [0, 0.05) is 32.3 Å². The first-order valence-corrected chi connectivity index (χ1v) is 8.75. The minimum Gasteiger partial charge on any atom is -0.341 e. The van der Waals surface area contributed by atoms with E-state index in [-0.39, 0.29) is 24.6 Å². The van der Waals surface area contributed by atoms with Crippen molar-refractivity contribution < 1.29 is 4.79 Å². The summed E-state index contributed by atoms with van der Waals surface area (Å²) in [6.45, 7) is 1.78. The second kappa shape index (κ2) is 8.44. The molecule has 0 saturated heterocycles. The number of nitrogens with zero attached hydrogens (tertiary/aromatic N) is 4. The van der Waals surface area contributed by atoms with E-state index in [4.69, 9.17) is 5.73 Å². The average molecular weight is 353 g/mol. The molecule has 2 heterocycles. The van der Waals surface area contributed by atoms with Crippen LogP contribution in [0.1, 0.15) is 12.0 Å². The number of aryl methyl sites for hydroxylation is 1. The van der Waals surface area contributed by atoms with Crippen LogP contribution in [0.2, 0.25) is 0 Å². The van der Waals surface area contributed by atoms with Crippen molar-refractivity contribution in [3.63, 3.8) is 0 Å². The van der Waals surface area contributed by atoms with Crippen molar-refractivity contribution in [3.8, 4) is 0 Å². The average Bonchev–Trinajstić information content (AvgIpc) is 3.00. The van der Waals surface area contributed by atoms with E-state index in [1.807, 2.05) is 36.4 Å². The summed E-state index contributed by atoms with van der Waals surface area (Å²) in [5, 5.41) is 4.25. The monoisotopic (exact) mass is 353 g/mol. The summed E-state index contributed by atoms with van der Waals surface area (Å²) in [6, 6.07) is 15.4. The molecule has 2 aromatic heterocycles. The molecule has 3 aromatic rings. The van der Waals surface area contributed by atoms with Gasteiger partial charge in [0.25, 0.3) is 0 Å².